The summed E-state index contributed by atoms with van der Waals surface area (Å²) in [5, 5.41) is 5.70. The van der Waals surface area contributed by atoms with Gasteiger partial charge in [-0.15, -0.1) is 0 Å². The number of para-hydroxylation sites is 2. The van der Waals surface area contributed by atoms with E-state index in [1.54, 1.807) is 0 Å². The molecule has 59 heavy (non-hydrogen) atoms. The van der Waals surface area contributed by atoms with Crippen LogP contribution in [0.5, 0.6) is 11.5 Å². The van der Waals surface area contributed by atoms with E-state index in [1.807, 2.05) is 6.20 Å². The predicted octanol–water partition coefficient (Wildman–Crippen LogP) is 13.2. The lowest BCUT2D eigenvalue weighted by atomic mass is 9.63. The summed E-state index contributed by atoms with van der Waals surface area (Å²) in [6.45, 7) is 6.51. The van der Waals surface area contributed by atoms with Crippen molar-refractivity contribution >= 4 is 49.1 Å². The SMILES string of the molecule is Cc1cc(C)c(-c2cn3c4ccccc4c4ccc(Oc5ccc6c7cccc8c7n(c6c5)-c5ncccc5C8(c5ccccc5)c5ccccc5)cc4c3n2)c(C)c1. The van der Waals surface area contributed by atoms with Gasteiger partial charge in [0, 0.05) is 51.1 Å². The summed E-state index contributed by atoms with van der Waals surface area (Å²) >= 11 is 0. The minimum absolute atomic E-state index is 0.570. The van der Waals surface area contributed by atoms with E-state index in [2.05, 4.69) is 200 Å². The minimum Gasteiger partial charge on any atom is -0.457 e. The van der Waals surface area contributed by atoms with Gasteiger partial charge in [0.1, 0.15) is 23.0 Å². The van der Waals surface area contributed by atoms with Gasteiger partial charge in [0.05, 0.1) is 27.7 Å². The number of aryl methyl sites for hydroxylation is 3. The third-order valence-corrected chi connectivity index (χ3v) is 12.5. The number of rotatable bonds is 5. The molecule has 0 atom stereocenters. The molecule has 0 bridgehead atoms. The molecule has 7 aromatic carbocycles. The standard InChI is InChI=1S/C54H38N4O/c1-33-28-34(2)50(35(3)29-33)47-32-57-48-22-11-10-18-41(48)40-25-23-38(30-44(40)52(57)56-47)59-39-24-26-42-43-19-12-20-45-51(43)58(49(42)31-39)53-46(21-13-27-55-53)54(45,36-14-6-4-7-15-36)37-16-8-5-9-17-37/h4-32H,1-3H3. The van der Waals surface area contributed by atoms with Crippen LogP contribution in [0.2, 0.25) is 0 Å². The van der Waals surface area contributed by atoms with Crippen molar-refractivity contribution in [2.45, 2.75) is 26.2 Å². The Kier molecular flexibility index (Phi) is 7.12. The average molecular weight is 759 g/mol. The molecule has 4 aromatic heterocycles. The van der Waals surface area contributed by atoms with Gasteiger partial charge in [-0.2, -0.15) is 0 Å². The van der Waals surface area contributed by atoms with Crippen LogP contribution in [0.3, 0.4) is 0 Å². The lowest BCUT2D eigenvalue weighted by Gasteiger charge is -2.41. The number of pyridine rings is 2. The Balaban J connectivity index is 1.05. The first-order valence-corrected chi connectivity index (χ1v) is 20.2. The zero-order chi connectivity index (χ0) is 39.4. The van der Waals surface area contributed by atoms with Gasteiger partial charge in [0.2, 0.25) is 0 Å². The molecule has 5 heterocycles. The zero-order valence-electron chi connectivity index (χ0n) is 32.9. The molecule has 0 fully saturated rings. The first-order valence-electron chi connectivity index (χ1n) is 20.2. The van der Waals surface area contributed by atoms with Crippen molar-refractivity contribution in [3.8, 4) is 28.6 Å². The largest absolute Gasteiger partial charge is 0.457 e. The third-order valence-electron chi connectivity index (χ3n) is 12.5. The topological polar surface area (TPSA) is 44.4 Å². The molecule has 5 heteroatoms. The predicted molar refractivity (Wildman–Crippen MR) is 240 cm³/mol. The number of benzene rings is 7. The minimum atomic E-state index is -0.570. The van der Waals surface area contributed by atoms with E-state index in [1.165, 1.54) is 49.7 Å². The molecule has 5 nitrogen and oxygen atoms in total. The van der Waals surface area contributed by atoms with Crippen LogP contribution in [0.25, 0.3) is 66.2 Å². The highest BCUT2D eigenvalue weighted by Crippen LogP contribution is 2.54. The van der Waals surface area contributed by atoms with Crippen LogP contribution in [-0.4, -0.2) is 18.9 Å². The Labute approximate surface area is 341 Å². The van der Waals surface area contributed by atoms with Crippen LogP contribution in [0, 0.1) is 20.8 Å². The van der Waals surface area contributed by atoms with Crippen molar-refractivity contribution in [3.05, 3.63) is 215 Å². The quantitative estimate of drug-likeness (QED) is 0.164. The number of hydrogen-bond acceptors (Lipinski definition) is 3. The van der Waals surface area contributed by atoms with Gasteiger partial charge in [-0.3, -0.25) is 8.97 Å². The number of hydrogen-bond donors (Lipinski definition) is 0. The Morgan fingerprint density at radius 2 is 1.17 bits per heavy atom. The second-order valence-electron chi connectivity index (χ2n) is 16.0. The molecule has 0 unspecified atom stereocenters. The van der Waals surface area contributed by atoms with Crippen LogP contribution in [0.15, 0.2) is 176 Å². The van der Waals surface area contributed by atoms with Gasteiger partial charge in [-0.05, 0) is 96.4 Å². The molecule has 280 valence electrons. The maximum Gasteiger partial charge on any atom is 0.146 e. The molecular weight excluding hydrogens is 721 g/mol. The van der Waals surface area contributed by atoms with Crippen molar-refractivity contribution in [2.75, 3.05) is 0 Å². The van der Waals surface area contributed by atoms with Crippen molar-refractivity contribution in [1.82, 2.24) is 18.9 Å². The first kappa shape index (κ1) is 33.6. The number of imidazole rings is 1. The molecule has 12 rings (SSSR count). The molecule has 0 spiro atoms. The average Bonchev–Trinajstić information content (AvgIpc) is 3.85. The Hall–Kier alpha value is -7.50. The fraction of sp³-hybridized carbons (Fsp3) is 0.0741. The molecule has 1 aliphatic rings. The number of aromatic nitrogens is 4. The van der Waals surface area contributed by atoms with Crippen molar-refractivity contribution in [2.24, 2.45) is 0 Å². The van der Waals surface area contributed by atoms with Crippen molar-refractivity contribution in [3.63, 3.8) is 0 Å². The summed E-state index contributed by atoms with van der Waals surface area (Å²) in [4.78, 5) is 10.5. The first-order chi connectivity index (χ1) is 29.0. The second kappa shape index (κ2) is 12.5. The molecule has 0 saturated carbocycles. The smallest absolute Gasteiger partial charge is 0.146 e. The maximum absolute atomic E-state index is 6.84. The van der Waals surface area contributed by atoms with Crippen molar-refractivity contribution < 1.29 is 4.74 Å². The molecule has 0 saturated heterocycles. The number of fused-ring (bicyclic) bond motifs is 11. The molecule has 0 aliphatic carbocycles. The molecule has 11 aromatic rings. The van der Waals surface area contributed by atoms with Gasteiger partial charge in [0.25, 0.3) is 0 Å². The van der Waals surface area contributed by atoms with Gasteiger partial charge < -0.3 is 4.74 Å². The van der Waals surface area contributed by atoms with Crippen LogP contribution >= 0.6 is 0 Å². The molecular formula is C54H38N4O. The van der Waals surface area contributed by atoms with Gasteiger partial charge in [-0.25, -0.2) is 9.97 Å². The van der Waals surface area contributed by atoms with E-state index in [0.717, 1.165) is 66.9 Å². The third kappa shape index (κ3) is 4.73. The van der Waals surface area contributed by atoms with E-state index in [4.69, 9.17) is 14.7 Å². The van der Waals surface area contributed by atoms with Crippen molar-refractivity contribution in [1.29, 1.82) is 0 Å². The normalized spacial score (nSPS) is 13.1. The number of nitrogens with zero attached hydrogens (tertiary/aromatic N) is 4. The second-order valence-corrected chi connectivity index (χ2v) is 16.0. The monoisotopic (exact) mass is 758 g/mol. The summed E-state index contributed by atoms with van der Waals surface area (Å²) in [6, 6.07) is 58.7. The van der Waals surface area contributed by atoms with Crippen LogP contribution in [0.4, 0.5) is 0 Å². The van der Waals surface area contributed by atoms with E-state index < -0.39 is 5.41 Å². The highest BCUT2D eigenvalue weighted by molar-refractivity contribution is 6.13. The highest BCUT2D eigenvalue weighted by Gasteiger charge is 2.45. The van der Waals surface area contributed by atoms with E-state index >= 15 is 0 Å². The fourth-order valence-electron chi connectivity index (χ4n) is 10.3. The summed E-state index contributed by atoms with van der Waals surface area (Å²) in [5.41, 5.74) is 14.3. The molecule has 0 N–H and O–H groups in total. The summed E-state index contributed by atoms with van der Waals surface area (Å²) in [7, 11) is 0. The Morgan fingerprint density at radius 3 is 1.93 bits per heavy atom. The summed E-state index contributed by atoms with van der Waals surface area (Å²) in [5.74, 6) is 2.43. The Morgan fingerprint density at radius 1 is 0.525 bits per heavy atom. The fourth-order valence-corrected chi connectivity index (χ4v) is 10.3. The van der Waals surface area contributed by atoms with Gasteiger partial charge in [0.15, 0.2) is 0 Å². The molecule has 1 aliphatic heterocycles. The summed E-state index contributed by atoms with van der Waals surface area (Å²) < 4.78 is 11.4. The van der Waals surface area contributed by atoms with E-state index in [0.29, 0.717) is 0 Å². The lowest BCUT2D eigenvalue weighted by Crippen LogP contribution is -2.35. The highest BCUT2D eigenvalue weighted by atomic mass is 16.5. The van der Waals surface area contributed by atoms with Crippen LogP contribution < -0.4 is 4.74 Å². The summed E-state index contributed by atoms with van der Waals surface area (Å²) in [6.07, 6.45) is 4.10. The molecule has 0 amide bonds. The maximum atomic E-state index is 6.84. The zero-order valence-corrected chi connectivity index (χ0v) is 32.9. The Bertz CT molecular complexity index is 3440. The van der Waals surface area contributed by atoms with Crippen LogP contribution in [0.1, 0.15) is 38.9 Å². The van der Waals surface area contributed by atoms with Gasteiger partial charge in [-0.1, -0.05) is 121 Å². The number of ether oxygens (including phenoxy) is 1. The van der Waals surface area contributed by atoms with E-state index in [9.17, 15) is 0 Å². The van der Waals surface area contributed by atoms with E-state index in [-0.39, 0.29) is 0 Å². The molecule has 0 radical (unpaired) electrons. The van der Waals surface area contributed by atoms with Gasteiger partial charge >= 0.3 is 0 Å². The lowest BCUT2D eigenvalue weighted by molar-refractivity contribution is 0.484. The van der Waals surface area contributed by atoms with Crippen LogP contribution in [-0.2, 0) is 5.41 Å².